The molecule has 10 heteroatoms. The SMILES string of the molecule is Nc1cc(S(=O)(=O)NCC2CCCS2(=O)=O)c(Cl)cc1F. The Hall–Kier alpha value is -0.900. The first kappa shape index (κ1) is 16.5. The maximum absolute atomic E-state index is 13.2. The Balaban J connectivity index is 2.22. The molecular formula is C11H14ClFN2O4S2. The number of nitrogen functional groups attached to an aromatic ring is 1. The molecule has 1 fully saturated rings. The molecular weight excluding hydrogens is 343 g/mol. The molecule has 1 atom stereocenters. The van der Waals surface area contributed by atoms with Gasteiger partial charge < -0.3 is 5.73 Å². The summed E-state index contributed by atoms with van der Waals surface area (Å²) in [7, 11) is -7.32. The highest BCUT2D eigenvalue weighted by atomic mass is 35.5. The van der Waals surface area contributed by atoms with Gasteiger partial charge in [0.2, 0.25) is 10.0 Å². The molecule has 0 spiro atoms. The van der Waals surface area contributed by atoms with Crippen LogP contribution in [0.15, 0.2) is 17.0 Å². The summed E-state index contributed by atoms with van der Waals surface area (Å²) in [5, 5.41) is -1.06. The van der Waals surface area contributed by atoms with E-state index in [1.807, 2.05) is 0 Å². The number of sulfonamides is 1. The van der Waals surface area contributed by atoms with E-state index in [1.165, 1.54) is 0 Å². The lowest BCUT2D eigenvalue weighted by molar-refractivity contribution is 0.570. The molecule has 1 unspecified atom stereocenters. The van der Waals surface area contributed by atoms with Crippen LogP contribution in [0.2, 0.25) is 5.02 Å². The fourth-order valence-corrected chi connectivity index (χ4v) is 5.62. The van der Waals surface area contributed by atoms with Crippen LogP contribution in [0.3, 0.4) is 0 Å². The maximum Gasteiger partial charge on any atom is 0.242 e. The maximum atomic E-state index is 13.2. The molecule has 1 saturated heterocycles. The van der Waals surface area contributed by atoms with E-state index < -0.39 is 30.9 Å². The van der Waals surface area contributed by atoms with Crippen LogP contribution in [0, 0.1) is 5.82 Å². The Bertz CT molecular complexity index is 765. The van der Waals surface area contributed by atoms with Crippen molar-refractivity contribution in [3.8, 4) is 0 Å². The summed E-state index contributed by atoms with van der Waals surface area (Å²) in [6.45, 7) is -0.238. The Morgan fingerprint density at radius 2 is 2.10 bits per heavy atom. The molecule has 1 aromatic rings. The van der Waals surface area contributed by atoms with E-state index in [0.717, 1.165) is 12.1 Å². The molecule has 1 aliphatic heterocycles. The summed E-state index contributed by atoms with van der Waals surface area (Å²) in [6.07, 6.45) is 0.920. The zero-order valence-corrected chi connectivity index (χ0v) is 13.2. The third-order valence-corrected chi connectivity index (χ3v) is 7.47. The van der Waals surface area contributed by atoms with E-state index in [9.17, 15) is 21.2 Å². The van der Waals surface area contributed by atoms with Gasteiger partial charge in [-0.05, 0) is 25.0 Å². The first-order valence-corrected chi connectivity index (χ1v) is 9.67. The predicted octanol–water partition coefficient (Wildman–Crippen LogP) is 0.917. The molecule has 0 aliphatic carbocycles. The van der Waals surface area contributed by atoms with E-state index in [1.54, 1.807) is 0 Å². The smallest absolute Gasteiger partial charge is 0.242 e. The number of rotatable bonds is 4. The molecule has 6 nitrogen and oxygen atoms in total. The van der Waals surface area contributed by atoms with Crippen molar-refractivity contribution in [3.05, 3.63) is 23.0 Å². The minimum atomic E-state index is -4.06. The average molecular weight is 357 g/mol. The van der Waals surface area contributed by atoms with Gasteiger partial charge in [0.1, 0.15) is 10.7 Å². The lowest BCUT2D eigenvalue weighted by Crippen LogP contribution is -2.34. The Morgan fingerprint density at radius 1 is 1.43 bits per heavy atom. The van der Waals surface area contributed by atoms with Crippen molar-refractivity contribution < 1.29 is 21.2 Å². The predicted molar refractivity (Wildman–Crippen MR) is 77.8 cm³/mol. The van der Waals surface area contributed by atoms with E-state index in [0.29, 0.717) is 12.8 Å². The second-order valence-electron chi connectivity index (χ2n) is 4.79. The number of hydrogen-bond donors (Lipinski definition) is 2. The third-order valence-electron chi connectivity index (χ3n) is 3.30. The fourth-order valence-electron chi connectivity index (χ4n) is 2.12. The zero-order chi connectivity index (χ0) is 15.8. The summed E-state index contributed by atoms with van der Waals surface area (Å²) in [6, 6.07) is 1.71. The molecule has 118 valence electrons. The van der Waals surface area contributed by atoms with Crippen molar-refractivity contribution in [1.82, 2.24) is 4.72 Å². The minimum absolute atomic E-state index is 0.0592. The number of hydrogen-bond acceptors (Lipinski definition) is 5. The Morgan fingerprint density at radius 3 is 2.67 bits per heavy atom. The van der Waals surface area contributed by atoms with Gasteiger partial charge in [-0.15, -0.1) is 0 Å². The number of sulfone groups is 1. The van der Waals surface area contributed by atoms with E-state index in [2.05, 4.69) is 4.72 Å². The molecule has 1 aliphatic rings. The molecule has 1 aromatic carbocycles. The molecule has 0 radical (unpaired) electrons. The lowest BCUT2D eigenvalue weighted by atomic mass is 10.2. The van der Waals surface area contributed by atoms with Crippen LogP contribution in [0.1, 0.15) is 12.8 Å². The highest BCUT2D eigenvalue weighted by Crippen LogP contribution is 2.26. The normalized spacial score (nSPS) is 21.5. The van der Waals surface area contributed by atoms with Crippen LogP contribution < -0.4 is 10.5 Å². The number of nitrogens with one attached hydrogen (secondary N) is 1. The van der Waals surface area contributed by atoms with Gasteiger partial charge in [0.15, 0.2) is 9.84 Å². The van der Waals surface area contributed by atoms with Gasteiger partial charge >= 0.3 is 0 Å². The van der Waals surface area contributed by atoms with Gasteiger partial charge in [0, 0.05) is 6.54 Å². The monoisotopic (exact) mass is 356 g/mol. The molecule has 1 heterocycles. The van der Waals surface area contributed by atoms with Gasteiger partial charge in [-0.1, -0.05) is 11.6 Å². The Labute approximate surface area is 127 Å². The van der Waals surface area contributed by atoms with Crippen molar-refractivity contribution >= 4 is 37.1 Å². The first-order chi connectivity index (χ1) is 9.63. The summed E-state index contributed by atoms with van der Waals surface area (Å²) in [5.74, 6) is -0.763. The van der Waals surface area contributed by atoms with Gasteiger partial charge in [-0.3, -0.25) is 0 Å². The minimum Gasteiger partial charge on any atom is -0.396 e. The Kier molecular flexibility index (Phi) is 4.48. The molecule has 3 N–H and O–H groups in total. The van der Waals surface area contributed by atoms with Crippen molar-refractivity contribution in [3.63, 3.8) is 0 Å². The highest BCUT2D eigenvalue weighted by Gasteiger charge is 2.32. The summed E-state index contributed by atoms with van der Waals surface area (Å²) >= 11 is 5.70. The van der Waals surface area contributed by atoms with Crippen molar-refractivity contribution in [2.45, 2.75) is 23.0 Å². The van der Waals surface area contributed by atoms with Gasteiger partial charge in [-0.2, -0.15) is 0 Å². The van der Waals surface area contributed by atoms with Gasteiger partial charge in [0.25, 0.3) is 0 Å². The van der Waals surface area contributed by atoms with Crippen LogP contribution in [0.4, 0.5) is 10.1 Å². The standard InChI is InChI=1S/C11H14ClFN2O4S2/c12-8-4-9(13)10(14)5-11(8)21(18,19)15-6-7-2-1-3-20(7,16)17/h4-5,7,15H,1-3,6,14H2. The summed E-state index contributed by atoms with van der Waals surface area (Å²) in [5.41, 5.74) is 4.97. The van der Waals surface area contributed by atoms with Crippen LogP contribution in [0.25, 0.3) is 0 Å². The van der Waals surface area contributed by atoms with Crippen molar-refractivity contribution in [2.24, 2.45) is 0 Å². The zero-order valence-electron chi connectivity index (χ0n) is 10.8. The third kappa shape index (κ3) is 3.47. The second-order valence-corrected chi connectivity index (χ2v) is 9.33. The van der Waals surface area contributed by atoms with E-state index in [-0.39, 0.29) is 27.9 Å². The van der Waals surface area contributed by atoms with Crippen LogP contribution in [-0.4, -0.2) is 34.4 Å². The van der Waals surface area contributed by atoms with E-state index >= 15 is 0 Å². The average Bonchev–Trinajstić information content (AvgIpc) is 2.70. The molecule has 0 saturated carbocycles. The second kappa shape index (κ2) is 5.71. The molecule has 0 amide bonds. The van der Waals surface area contributed by atoms with Crippen LogP contribution in [-0.2, 0) is 19.9 Å². The summed E-state index contributed by atoms with van der Waals surface area (Å²) < 4.78 is 62.9. The summed E-state index contributed by atoms with van der Waals surface area (Å²) in [4.78, 5) is -0.376. The fraction of sp³-hybridized carbons (Fsp3) is 0.455. The highest BCUT2D eigenvalue weighted by molar-refractivity contribution is 7.92. The quantitative estimate of drug-likeness (QED) is 0.780. The molecule has 2 rings (SSSR count). The van der Waals surface area contributed by atoms with Crippen molar-refractivity contribution in [1.29, 1.82) is 0 Å². The van der Waals surface area contributed by atoms with Crippen LogP contribution in [0.5, 0.6) is 0 Å². The van der Waals surface area contributed by atoms with Crippen LogP contribution >= 0.6 is 11.6 Å². The van der Waals surface area contributed by atoms with E-state index in [4.69, 9.17) is 17.3 Å². The molecule has 0 bridgehead atoms. The topological polar surface area (TPSA) is 106 Å². The molecule has 0 aromatic heterocycles. The first-order valence-electron chi connectivity index (χ1n) is 6.09. The number of nitrogens with two attached hydrogens (primary N) is 1. The largest absolute Gasteiger partial charge is 0.396 e. The number of benzene rings is 1. The number of halogens is 2. The van der Waals surface area contributed by atoms with Gasteiger partial charge in [-0.25, -0.2) is 25.9 Å². The van der Waals surface area contributed by atoms with Crippen molar-refractivity contribution in [2.75, 3.05) is 18.0 Å². The van der Waals surface area contributed by atoms with Gasteiger partial charge in [0.05, 0.1) is 21.7 Å². The molecule has 21 heavy (non-hydrogen) atoms. The lowest BCUT2D eigenvalue weighted by Gasteiger charge is -2.13. The number of anilines is 1.